The number of ether oxygens (including phenoxy) is 2. The minimum atomic E-state index is -4.20. The average molecular weight is 582 g/mol. The molecule has 0 aliphatic rings. The number of rotatable bonds is 14. The maximum atomic E-state index is 14.2. The maximum Gasteiger partial charge on any atom is 0.264 e. The Bertz CT molecular complexity index is 1430. The van der Waals surface area contributed by atoms with Crippen LogP contribution in [0.2, 0.25) is 0 Å². The first-order chi connectivity index (χ1) is 19.7. The molecule has 0 bridgehead atoms. The average Bonchev–Trinajstić information content (AvgIpc) is 2.98. The van der Waals surface area contributed by atoms with Gasteiger partial charge in [-0.2, -0.15) is 0 Å². The van der Waals surface area contributed by atoms with E-state index in [0.29, 0.717) is 24.5 Å². The van der Waals surface area contributed by atoms with E-state index in [4.69, 9.17) is 9.47 Å². The van der Waals surface area contributed by atoms with Crippen molar-refractivity contribution in [3.05, 3.63) is 83.9 Å². The van der Waals surface area contributed by atoms with Gasteiger partial charge in [0.15, 0.2) is 0 Å². The number of hydrogen-bond donors (Lipinski definition) is 1. The summed E-state index contributed by atoms with van der Waals surface area (Å²) in [6, 6.07) is 19.5. The Morgan fingerprint density at radius 3 is 2.29 bits per heavy atom. The van der Waals surface area contributed by atoms with Gasteiger partial charge in [-0.3, -0.25) is 13.9 Å². The molecular weight excluding hydrogens is 542 g/mol. The van der Waals surface area contributed by atoms with Gasteiger partial charge in [-0.05, 0) is 67.3 Å². The molecule has 3 aromatic rings. The quantitative estimate of drug-likeness (QED) is 0.300. The number of hydrogen-bond acceptors (Lipinski definition) is 6. The lowest BCUT2D eigenvalue weighted by atomic mass is 10.1. The highest BCUT2D eigenvalue weighted by Gasteiger charge is 2.34. The summed E-state index contributed by atoms with van der Waals surface area (Å²) in [4.78, 5) is 28.9. The number of anilines is 1. The summed E-state index contributed by atoms with van der Waals surface area (Å²) in [5, 5.41) is 2.88. The van der Waals surface area contributed by atoms with Crippen molar-refractivity contribution in [1.82, 2.24) is 10.2 Å². The van der Waals surface area contributed by atoms with Gasteiger partial charge in [-0.25, -0.2) is 8.42 Å². The van der Waals surface area contributed by atoms with Gasteiger partial charge in [0, 0.05) is 13.1 Å². The first-order valence-electron chi connectivity index (χ1n) is 13.6. The van der Waals surface area contributed by atoms with Crippen LogP contribution in [-0.2, 0) is 26.2 Å². The van der Waals surface area contributed by atoms with Gasteiger partial charge in [0.05, 0.1) is 24.8 Å². The van der Waals surface area contributed by atoms with E-state index in [1.165, 1.54) is 24.1 Å². The molecule has 0 fully saturated rings. The Labute approximate surface area is 243 Å². The van der Waals surface area contributed by atoms with Crippen LogP contribution in [0.25, 0.3) is 0 Å². The summed E-state index contributed by atoms with van der Waals surface area (Å²) in [7, 11) is -1.20. The van der Waals surface area contributed by atoms with Crippen molar-refractivity contribution >= 4 is 27.5 Å². The molecule has 0 aromatic heterocycles. The fourth-order valence-electron chi connectivity index (χ4n) is 4.48. The number of carbonyl (C=O) groups excluding carboxylic acids is 2. The molecule has 0 spiro atoms. The summed E-state index contributed by atoms with van der Waals surface area (Å²) < 4.78 is 40.0. The monoisotopic (exact) mass is 581 g/mol. The van der Waals surface area contributed by atoms with E-state index in [9.17, 15) is 18.0 Å². The lowest BCUT2D eigenvalue weighted by molar-refractivity contribution is -0.140. The molecule has 0 radical (unpaired) electrons. The van der Waals surface area contributed by atoms with E-state index < -0.39 is 28.5 Å². The molecule has 0 saturated carbocycles. The topological polar surface area (TPSA) is 105 Å². The summed E-state index contributed by atoms with van der Waals surface area (Å²) >= 11 is 0. The Hall–Kier alpha value is -4.05. The Kier molecular flexibility index (Phi) is 11.2. The molecular formula is C31H39N3O6S. The number of methoxy groups -OCH3 is 2. The van der Waals surface area contributed by atoms with Crippen LogP contribution in [0.4, 0.5) is 5.69 Å². The van der Waals surface area contributed by atoms with Gasteiger partial charge >= 0.3 is 0 Å². The van der Waals surface area contributed by atoms with Crippen LogP contribution < -0.4 is 19.1 Å². The highest BCUT2D eigenvalue weighted by Crippen LogP contribution is 2.34. The first-order valence-corrected chi connectivity index (χ1v) is 15.0. The predicted molar refractivity (Wildman–Crippen MR) is 160 cm³/mol. The van der Waals surface area contributed by atoms with Crippen molar-refractivity contribution in [2.24, 2.45) is 0 Å². The van der Waals surface area contributed by atoms with Gasteiger partial charge in [0.25, 0.3) is 10.0 Å². The maximum absolute atomic E-state index is 14.2. The predicted octanol–water partition coefficient (Wildman–Crippen LogP) is 4.54. The van der Waals surface area contributed by atoms with Gasteiger partial charge in [-0.1, -0.05) is 50.2 Å². The van der Waals surface area contributed by atoms with Gasteiger partial charge in [0.2, 0.25) is 11.8 Å². The highest BCUT2D eigenvalue weighted by atomic mass is 32.2. The van der Waals surface area contributed by atoms with Crippen LogP contribution >= 0.6 is 0 Å². The molecule has 0 saturated heterocycles. The zero-order valence-electron chi connectivity index (χ0n) is 24.3. The van der Waals surface area contributed by atoms with Crippen molar-refractivity contribution in [2.75, 3.05) is 31.6 Å². The van der Waals surface area contributed by atoms with Crippen LogP contribution in [0.1, 0.15) is 37.8 Å². The molecule has 3 aromatic carbocycles. The fourth-order valence-corrected chi connectivity index (χ4v) is 5.92. The molecule has 2 amide bonds. The molecule has 0 aliphatic heterocycles. The molecule has 1 atom stereocenters. The normalized spacial score (nSPS) is 11.8. The van der Waals surface area contributed by atoms with E-state index in [1.54, 1.807) is 61.7 Å². The van der Waals surface area contributed by atoms with Crippen molar-refractivity contribution in [2.45, 2.75) is 51.1 Å². The van der Waals surface area contributed by atoms with Crippen LogP contribution in [-0.4, -0.2) is 58.5 Å². The standard InChI is InChI=1S/C31H39N3O6S/c1-6-18-32-31(36)27(7-2)33(21-24-12-11-13-25(20-24)39-4)30(35)22-34(28-19-23(3)16-17-29(28)40-5)41(37,38)26-14-9-8-10-15-26/h8-17,19-20,27H,6-7,18,21-22H2,1-5H3,(H,32,36). The van der Waals surface area contributed by atoms with E-state index >= 15 is 0 Å². The van der Waals surface area contributed by atoms with Crippen LogP contribution in [0.3, 0.4) is 0 Å². The third-order valence-corrected chi connectivity index (χ3v) is 8.41. The lowest BCUT2D eigenvalue weighted by Gasteiger charge is -2.33. The zero-order valence-corrected chi connectivity index (χ0v) is 25.1. The second kappa shape index (κ2) is 14.5. The molecule has 3 rings (SSSR count). The molecule has 1 N–H and O–H groups in total. The number of benzene rings is 3. The smallest absolute Gasteiger partial charge is 0.264 e. The Morgan fingerprint density at radius 2 is 1.66 bits per heavy atom. The minimum absolute atomic E-state index is 0.0310. The zero-order chi connectivity index (χ0) is 30.0. The molecule has 9 nitrogen and oxygen atoms in total. The van der Waals surface area contributed by atoms with E-state index in [2.05, 4.69) is 5.32 Å². The van der Waals surface area contributed by atoms with Crippen molar-refractivity contribution < 1.29 is 27.5 Å². The third-order valence-electron chi connectivity index (χ3n) is 6.64. The third kappa shape index (κ3) is 7.79. The summed E-state index contributed by atoms with van der Waals surface area (Å²) in [6.07, 6.45) is 1.08. The SMILES string of the molecule is CCCNC(=O)C(CC)N(Cc1cccc(OC)c1)C(=O)CN(c1cc(C)ccc1OC)S(=O)(=O)c1ccccc1. The highest BCUT2D eigenvalue weighted by molar-refractivity contribution is 7.92. The van der Waals surface area contributed by atoms with Gasteiger partial charge in [-0.15, -0.1) is 0 Å². The number of amides is 2. The van der Waals surface area contributed by atoms with Crippen molar-refractivity contribution in [3.63, 3.8) is 0 Å². The van der Waals surface area contributed by atoms with Crippen LogP contribution in [0, 0.1) is 6.92 Å². The summed E-state index contributed by atoms with van der Waals surface area (Å²) in [5.74, 6) is 0.0803. The second-order valence-electron chi connectivity index (χ2n) is 9.59. The number of sulfonamides is 1. The van der Waals surface area contributed by atoms with Crippen molar-refractivity contribution in [3.8, 4) is 11.5 Å². The van der Waals surface area contributed by atoms with Crippen molar-refractivity contribution in [1.29, 1.82) is 0 Å². The number of carbonyl (C=O) groups is 2. The number of nitrogens with zero attached hydrogens (tertiary/aromatic N) is 2. The fraction of sp³-hybridized carbons (Fsp3) is 0.355. The van der Waals surface area contributed by atoms with E-state index in [0.717, 1.165) is 21.9 Å². The molecule has 10 heteroatoms. The van der Waals surface area contributed by atoms with E-state index in [-0.39, 0.29) is 23.0 Å². The number of aryl methyl sites for hydroxylation is 1. The van der Waals surface area contributed by atoms with E-state index in [1.807, 2.05) is 26.8 Å². The summed E-state index contributed by atoms with van der Waals surface area (Å²) in [5.41, 5.74) is 1.76. The van der Waals surface area contributed by atoms with Crippen LogP contribution in [0.5, 0.6) is 11.5 Å². The van der Waals surface area contributed by atoms with Gasteiger partial charge < -0.3 is 19.7 Å². The van der Waals surface area contributed by atoms with Gasteiger partial charge in [0.1, 0.15) is 24.1 Å². The second-order valence-corrected chi connectivity index (χ2v) is 11.5. The molecule has 41 heavy (non-hydrogen) atoms. The van der Waals surface area contributed by atoms with Crippen LogP contribution in [0.15, 0.2) is 77.7 Å². The Balaban J connectivity index is 2.11. The number of nitrogens with one attached hydrogen (secondary N) is 1. The Morgan fingerprint density at radius 1 is 0.927 bits per heavy atom. The summed E-state index contributed by atoms with van der Waals surface area (Å²) in [6.45, 7) is 5.60. The minimum Gasteiger partial charge on any atom is -0.497 e. The molecule has 0 heterocycles. The lowest BCUT2D eigenvalue weighted by Crippen LogP contribution is -2.52. The first kappa shape index (κ1) is 31.5. The largest absolute Gasteiger partial charge is 0.497 e. The molecule has 220 valence electrons. The molecule has 1 unspecified atom stereocenters. The molecule has 0 aliphatic carbocycles.